The number of carbonyl (C=O) groups is 3. The number of allylic oxidation sites excluding steroid dienone is 1. The number of ketones is 2. The van der Waals surface area contributed by atoms with E-state index in [9.17, 15) is 19.5 Å². The van der Waals surface area contributed by atoms with Crippen LogP contribution in [0.2, 0.25) is 0 Å². The lowest BCUT2D eigenvalue weighted by atomic mass is 9.45. The predicted octanol–water partition coefficient (Wildman–Crippen LogP) is 4.99. The van der Waals surface area contributed by atoms with E-state index in [2.05, 4.69) is 28.6 Å². The van der Waals surface area contributed by atoms with Crippen LogP contribution in [0.15, 0.2) is 36.0 Å². The highest BCUT2D eigenvalue weighted by atomic mass is 16.5. The maximum Gasteiger partial charge on any atom is 0.306 e. The Balaban J connectivity index is 1.24. The summed E-state index contributed by atoms with van der Waals surface area (Å²) in [5.41, 5.74) is -1.38. The molecule has 0 radical (unpaired) electrons. The molecule has 1 N–H and O–H groups in total. The van der Waals surface area contributed by atoms with Gasteiger partial charge in [-0.05, 0) is 79.4 Å². The van der Waals surface area contributed by atoms with Crippen molar-refractivity contribution < 1.29 is 24.2 Å². The Morgan fingerprint density at radius 2 is 1.82 bits per heavy atom. The first-order valence-corrected chi connectivity index (χ1v) is 16.8. The largest absolute Gasteiger partial charge is 0.462 e. The summed E-state index contributed by atoms with van der Waals surface area (Å²) in [4.78, 5) is 48.9. The molecule has 3 saturated carbocycles. The highest BCUT2D eigenvalue weighted by Crippen LogP contribution is 2.68. The number of ether oxygens (including phenoxy) is 1. The number of hydrogen-bond donors (Lipinski definition) is 1. The Morgan fingerprint density at radius 3 is 2.50 bits per heavy atom. The maximum absolute atomic E-state index is 14.2. The molecule has 5 aliphatic rings. The van der Waals surface area contributed by atoms with Crippen LogP contribution in [0.3, 0.4) is 0 Å². The Morgan fingerprint density at radius 1 is 1.07 bits per heavy atom. The van der Waals surface area contributed by atoms with E-state index in [0.29, 0.717) is 25.7 Å². The monoisotopic (exact) mass is 605 g/mol. The Kier molecular flexibility index (Phi) is 8.09. The van der Waals surface area contributed by atoms with E-state index in [1.165, 1.54) is 5.57 Å². The number of anilines is 1. The molecular formula is C36H51N3O5. The molecule has 6 rings (SSSR count). The fourth-order valence-corrected chi connectivity index (χ4v) is 9.88. The van der Waals surface area contributed by atoms with Crippen molar-refractivity contribution in [3.05, 3.63) is 36.0 Å². The number of piperazine rings is 1. The minimum absolute atomic E-state index is 0.0784. The first-order chi connectivity index (χ1) is 20.7. The molecule has 4 aliphatic carbocycles. The molecule has 0 spiro atoms. The minimum Gasteiger partial charge on any atom is -0.462 e. The van der Waals surface area contributed by atoms with Crippen LogP contribution in [-0.4, -0.2) is 77.0 Å². The van der Waals surface area contributed by atoms with E-state index >= 15 is 0 Å². The molecule has 1 aliphatic heterocycles. The molecule has 7 atom stereocenters. The van der Waals surface area contributed by atoms with Gasteiger partial charge in [0.2, 0.25) is 0 Å². The molecule has 8 nitrogen and oxygen atoms in total. The molecule has 0 aromatic carbocycles. The average molecular weight is 606 g/mol. The van der Waals surface area contributed by atoms with Gasteiger partial charge in [0.25, 0.3) is 0 Å². The van der Waals surface area contributed by atoms with Gasteiger partial charge in [-0.15, -0.1) is 0 Å². The number of carbonyl (C=O) groups excluding carboxylic acids is 3. The van der Waals surface area contributed by atoms with Gasteiger partial charge in [-0.1, -0.05) is 46.3 Å². The number of esters is 1. The van der Waals surface area contributed by atoms with Crippen molar-refractivity contribution in [2.24, 2.45) is 34.0 Å². The van der Waals surface area contributed by atoms with Gasteiger partial charge in [0.1, 0.15) is 17.5 Å². The van der Waals surface area contributed by atoms with Gasteiger partial charge in [-0.2, -0.15) is 0 Å². The summed E-state index contributed by atoms with van der Waals surface area (Å²) in [6.07, 6.45) is 8.33. The van der Waals surface area contributed by atoms with Crippen molar-refractivity contribution in [3.63, 3.8) is 0 Å². The van der Waals surface area contributed by atoms with Gasteiger partial charge in [-0.3, -0.25) is 19.3 Å². The smallest absolute Gasteiger partial charge is 0.306 e. The average Bonchev–Trinajstić information content (AvgIpc) is 3.24. The maximum atomic E-state index is 14.2. The Labute approximate surface area is 262 Å². The summed E-state index contributed by atoms with van der Waals surface area (Å²) >= 11 is 0. The van der Waals surface area contributed by atoms with E-state index in [1.807, 2.05) is 45.0 Å². The lowest BCUT2D eigenvalue weighted by molar-refractivity contribution is -0.196. The Hall–Kier alpha value is -2.58. The quantitative estimate of drug-likeness (QED) is 0.453. The van der Waals surface area contributed by atoms with Crippen LogP contribution in [0.4, 0.5) is 5.82 Å². The van der Waals surface area contributed by atoms with Gasteiger partial charge < -0.3 is 14.7 Å². The molecule has 0 unspecified atom stereocenters. The third kappa shape index (κ3) is 5.44. The summed E-state index contributed by atoms with van der Waals surface area (Å²) in [5.74, 6) is 1.30. The van der Waals surface area contributed by atoms with Crippen molar-refractivity contribution in [2.45, 2.75) is 97.7 Å². The second kappa shape index (κ2) is 11.3. The number of nitrogens with zero attached hydrogens (tertiary/aromatic N) is 3. The normalized spacial score (nSPS) is 37.5. The van der Waals surface area contributed by atoms with Crippen molar-refractivity contribution in [1.29, 1.82) is 0 Å². The number of Topliss-reactive ketones (excluding diaryl/α,β-unsaturated/α-hetero) is 1. The molecular weight excluding hydrogens is 554 g/mol. The van der Waals surface area contributed by atoms with Crippen LogP contribution in [0.1, 0.15) is 86.0 Å². The molecule has 8 heteroatoms. The summed E-state index contributed by atoms with van der Waals surface area (Å²) in [7, 11) is 0. The van der Waals surface area contributed by atoms with E-state index in [4.69, 9.17) is 4.74 Å². The van der Waals surface area contributed by atoms with Crippen molar-refractivity contribution >= 4 is 23.4 Å². The zero-order valence-electron chi connectivity index (χ0n) is 27.3. The van der Waals surface area contributed by atoms with Crippen LogP contribution in [-0.2, 0) is 19.1 Å². The van der Waals surface area contributed by atoms with Crippen LogP contribution >= 0.6 is 0 Å². The van der Waals surface area contributed by atoms with Crippen molar-refractivity contribution in [2.75, 3.05) is 37.6 Å². The van der Waals surface area contributed by atoms with Crippen LogP contribution in [0.25, 0.3) is 0 Å². The molecule has 240 valence electrons. The molecule has 1 saturated heterocycles. The number of aromatic nitrogens is 1. The SMILES string of the molecule is CC(C)(C)CC(=O)O[C@@H]1C[C@@]2(C)[C@@H](CC[C@]2(O)C(=O)CN2CCN(c3ccccn3)CC2)[C@@H]2CCC3=CC(=O)CC[C@]3(C)[C@H]21. The highest BCUT2D eigenvalue weighted by Gasteiger charge is 2.69. The van der Waals surface area contributed by atoms with Crippen molar-refractivity contribution in [1.82, 2.24) is 9.88 Å². The highest BCUT2D eigenvalue weighted by molar-refractivity contribution is 5.92. The third-order valence-corrected chi connectivity index (χ3v) is 12.2. The minimum atomic E-state index is -1.46. The van der Waals surface area contributed by atoms with Crippen molar-refractivity contribution in [3.8, 4) is 0 Å². The summed E-state index contributed by atoms with van der Waals surface area (Å²) in [5, 5.41) is 12.4. The number of rotatable bonds is 6. The summed E-state index contributed by atoms with van der Waals surface area (Å²) in [6.45, 7) is 13.8. The molecule has 4 fully saturated rings. The predicted molar refractivity (Wildman–Crippen MR) is 169 cm³/mol. The first kappa shape index (κ1) is 31.4. The molecule has 1 aromatic heterocycles. The molecule has 0 bridgehead atoms. The Bertz CT molecular complexity index is 1310. The topological polar surface area (TPSA) is 100 Å². The van der Waals surface area contributed by atoms with E-state index in [1.54, 1.807) is 6.20 Å². The number of hydrogen-bond acceptors (Lipinski definition) is 8. The van der Waals surface area contributed by atoms with E-state index in [0.717, 1.165) is 57.7 Å². The van der Waals surface area contributed by atoms with E-state index < -0.39 is 17.1 Å². The van der Waals surface area contributed by atoms with Gasteiger partial charge in [0.15, 0.2) is 11.6 Å². The van der Waals surface area contributed by atoms with Crippen LogP contribution < -0.4 is 4.90 Å². The summed E-state index contributed by atoms with van der Waals surface area (Å²) < 4.78 is 6.43. The standard InChI is InChI=1S/C36H51N3O5/c1-33(2,3)22-31(42)44-28-21-35(5)27(26-10-9-24-20-25(40)11-13-34(24,4)32(26)28)12-14-36(35,43)29(41)23-38-16-18-39(19-17-38)30-8-6-7-15-37-30/h6-8,15,20,26-28,32,43H,9-14,16-19,21-23H2,1-5H3/t26-,27-,28+,32+,34-,35-,36-/m0/s1. The summed E-state index contributed by atoms with van der Waals surface area (Å²) in [6, 6.07) is 5.92. The number of aliphatic hydroxyl groups is 1. The molecule has 1 aromatic rings. The van der Waals surface area contributed by atoms with Gasteiger partial charge in [0.05, 0.1) is 13.0 Å². The number of pyridine rings is 1. The number of fused-ring (bicyclic) bond motifs is 5. The second-order valence-electron chi connectivity index (χ2n) is 16.0. The lowest BCUT2D eigenvalue weighted by Crippen LogP contribution is -2.63. The zero-order valence-corrected chi connectivity index (χ0v) is 27.3. The fraction of sp³-hybridized carbons (Fsp3) is 0.722. The molecule has 44 heavy (non-hydrogen) atoms. The fourth-order valence-electron chi connectivity index (χ4n) is 9.88. The zero-order chi connectivity index (χ0) is 31.5. The van der Waals surface area contributed by atoms with Crippen LogP contribution in [0, 0.1) is 34.0 Å². The lowest BCUT2D eigenvalue weighted by Gasteiger charge is -2.61. The molecule has 0 amide bonds. The van der Waals surface area contributed by atoms with Gasteiger partial charge in [-0.25, -0.2) is 4.98 Å². The third-order valence-electron chi connectivity index (χ3n) is 12.2. The van der Waals surface area contributed by atoms with Crippen LogP contribution in [0.5, 0.6) is 0 Å². The van der Waals surface area contributed by atoms with Gasteiger partial charge >= 0.3 is 5.97 Å². The second-order valence-corrected chi connectivity index (χ2v) is 16.0. The first-order valence-electron chi connectivity index (χ1n) is 16.8. The van der Waals surface area contributed by atoms with E-state index in [-0.39, 0.29) is 52.7 Å². The molecule has 2 heterocycles. The van der Waals surface area contributed by atoms with Gasteiger partial charge in [0, 0.05) is 50.1 Å².